The van der Waals surface area contributed by atoms with Gasteiger partial charge in [-0.3, -0.25) is 4.79 Å². The second-order valence-corrected chi connectivity index (χ2v) is 8.69. The number of nitrogens with zero attached hydrogens (tertiary/aromatic N) is 2. The van der Waals surface area contributed by atoms with Gasteiger partial charge in [0.1, 0.15) is 22.5 Å². The summed E-state index contributed by atoms with van der Waals surface area (Å²) >= 11 is 1.26. The fourth-order valence-electron chi connectivity index (χ4n) is 3.56. The van der Waals surface area contributed by atoms with Gasteiger partial charge < -0.3 is 14.6 Å². The van der Waals surface area contributed by atoms with E-state index in [1.54, 1.807) is 26.0 Å². The molecule has 0 spiro atoms. The van der Waals surface area contributed by atoms with Crippen molar-refractivity contribution in [3.63, 3.8) is 0 Å². The number of anilines is 1. The molecule has 33 heavy (non-hydrogen) atoms. The van der Waals surface area contributed by atoms with Crippen molar-refractivity contribution in [3.05, 3.63) is 74.7 Å². The SMILES string of the molecule is CCOC(=O)c1c(NC(=O)/C(C#N)=C/c2cc(C)n(-c3ccc(F)cc3)c2C)sc(C)c1C. The Kier molecular flexibility index (Phi) is 7.14. The van der Waals surface area contributed by atoms with Gasteiger partial charge in [-0.1, -0.05) is 0 Å². The fraction of sp³-hybridized carbons (Fsp3) is 0.240. The number of aromatic nitrogens is 1. The Morgan fingerprint density at radius 2 is 1.88 bits per heavy atom. The highest BCUT2D eigenvalue weighted by Crippen LogP contribution is 2.33. The van der Waals surface area contributed by atoms with Crippen molar-refractivity contribution in [3.8, 4) is 11.8 Å². The lowest BCUT2D eigenvalue weighted by atomic mass is 10.1. The summed E-state index contributed by atoms with van der Waals surface area (Å²) < 4.78 is 20.4. The number of carbonyl (C=O) groups is 2. The summed E-state index contributed by atoms with van der Waals surface area (Å²) in [6.07, 6.45) is 1.51. The largest absolute Gasteiger partial charge is 0.462 e. The summed E-state index contributed by atoms with van der Waals surface area (Å²) in [6, 6.07) is 9.89. The maximum absolute atomic E-state index is 13.3. The molecular formula is C25H24FN3O3S. The third kappa shape index (κ3) is 4.89. The van der Waals surface area contributed by atoms with Crippen molar-refractivity contribution in [2.45, 2.75) is 34.6 Å². The number of hydrogen-bond acceptors (Lipinski definition) is 5. The maximum atomic E-state index is 13.3. The Morgan fingerprint density at radius 3 is 2.48 bits per heavy atom. The van der Waals surface area contributed by atoms with Crippen LogP contribution in [0.5, 0.6) is 0 Å². The molecule has 0 radical (unpaired) electrons. The third-order valence-corrected chi connectivity index (χ3v) is 6.43. The number of carbonyl (C=O) groups excluding carboxylic acids is 2. The summed E-state index contributed by atoms with van der Waals surface area (Å²) in [6.45, 7) is 9.32. The molecule has 3 rings (SSSR count). The van der Waals surface area contributed by atoms with E-state index in [9.17, 15) is 19.2 Å². The predicted molar refractivity (Wildman–Crippen MR) is 127 cm³/mol. The maximum Gasteiger partial charge on any atom is 0.341 e. The number of aryl methyl sites for hydroxylation is 2. The van der Waals surface area contributed by atoms with Crippen LogP contribution >= 0.6 is 11.3 Å². The average Bonchev–Trinajstić information content (AvgIpc) is 3.21. The number of rotatable bonds is 6. The zero-order chi connectivity index (χ0) is 24.3. The van der Waals surface area contributed by atoms with Gasteiger partial charge in [-0.2, -0.15) is 5.26 Å². The minimum Gasteiger partial charge on any atom is -0.462 e. The number of benzene rings is 1. The van der Waals surface area contributed by atoms with Gasteiger partial charge in [0.25, 0.3) is 5.91 Å². The highest BCUT2D eigenvalue weighted by molar-refractivity contribution is 7.16. The highest BCUT2D eigenvalue weighted by atomic mass is 32.1. The summed E-state index contributed by atoms with van der Waals surface area (Å²) in [5, 5.41) is 12.7. The van der Waals surface area contributed by atoms with Gasteiger partial charge in [-0.15, -0.1) is 11.3 Å². The molecule has 0 atom stereocenters. The summed E-state index contributed by atoms with van der Waals surface area (Å²) in [5.41, 5.74) is 4.07. The standard InChI is InChI=1S/C25H24FN3O3S/c1-6-32-25(31)22-15(3)17(5)33-24(22)28-23(30)19(13-27)12-18-11-14(2)29(16(18)4)21-9-7-20(26)8-10-21/h7-12H,6H2,1-5H3,(H,28,30)/b19-12+. The Labute approximate surface area is 195 Å². The van der Waals surface area contributed by atoms with Crippen LogP contribution in [-0.4, -0.2) is 23.1 Å². The van der Waals surface area contributed by atoms with Crippen LogP contribution < -0.4 is 5.32 Å². The Balaban J connectivity index is 1.94. The molecule has 0 aliphatic rings. The molecule has 0 saturated heterocycles. The van der Waals surface area contributed by atoms with Gasteiger partial charge in [0.2, 0.25) is 0 Å². The van der Waals surface area contributed by atoms with Crippen LogP contribution in [0.1, 0.15) is 44.7 Å². The molecule has 8 heteroatoms. The van der Waals surface area contributed by atoms with Crippen LogP contribution in [0.4, 0.5) is 9.39 Å². The lowest BCUT2D eigenvalue weighted by molar-refractivity contribution is -0.112. The molecule has 0 aliphatic heterocycles. The van der Waals surface area contributed by atoms with Gasteiger partial charge in [-0.05, 0) is 82.2 Å². The van der Waals surface area contributed by atoms with Crippen molar-refractivity contribution in [1.82, 2.24) is 4.57 Å². The molecule has 0 saturated carbocycles. The predicted octanol–water partition coefficient (Wildman–Crippen LogP) is 5.63. The molecule has 1 amide bonds. The van der Waals surface area contributed by atoms with Gasteiger partial charge in [0.15, 0.2) is 0 Å². The number of nitriles is 1. The van der Waals surface area contributed by atoms with E-state index in [1.165, 1.54) is 29.5 Å². The topological polar surface area (TPSA) is 84.1 Å². The first kappa shape index (κ1) is 24.0. The molecule has 0 bridgehead atoms. The zero-order valence-corrected chi connectivity index (χ0v) is 19.9. The number of ether oxygens (including phenoxy) is 1. The number of nitrogens with one attached hydrogen (secondary N) is 1. The van der Waals surface area contributed by atoms with Crippen molar-refractivity contribution >= 4 is 34.3 Å². The molecule has 1 aromatic carbocycles. The summed E-state index contributed by atoms with van der Waals surface area (Å²) in [7, 11) is 0. The van der Waals surface area contributed by atoms with E-state index in [4.69, 9.17) is 4.74 Å². The quantitative estimate of drug-likeness (QED) is 0.290. The number of thiophene rings is 1. The van der Waals surface area contributed by atoms with Crippen molar-refractivity contribution in [2.75, 3.05) is 11.9 Å². The van der Waals surface area contributed by atoms with E-state index in [0.29, 0.717) is 16.1 Å². The van der Waals surface area contributed by atoms with Crippen LogP contribution in [0.3, 0.4) is 0 Å². The van der Waals surface area contributed by atoms with E-state index in [0.717, 1.165) is 27.5 Å². The fourth-order valence-corrected chi connectivity index (χ4v) is 4.60. The van der Waals surface area contributed by atoms with Gasteiger partial charge in [0.05, 0.1) is 12.2 Å². The summed E-state index contributed by atoms with van der Waals surface area (Å²) in [4.78, 5) is 26.2. The first-order valence-electron chi connectivity index (χ1n) is 10.3. The molecule has 2 aromatic heterocycles. The second kappa shape index (κ2) is 9.84. The van der Waals surface area contributed by atoms with Gasteiger partial charge in [0, 0.05) is 22.0 Å². The van der Waals surface area contributed by atoms with Crippen LogP contribution in [-0.2, 0) is 9.53 Å². The number of amides is 1. The smallest absolute Gasteiger partial charge is 0.341 e. The van der Waals surface area contributed by atoms with Crippen molar-refractivity contribution in [2.24, 2.45) is 0 Å². The molecule has 1 N–H and O–H groups in total. The van der Waals surface area contributed by atoms with Crippen LogP contribution in [0, 0.1) is 44.8 Å². The third-order valence-electron chi connectivity index (χ3n) is 5.31. The molecule has 0 unspecified atom stereocenters. The molecule has 3 aromatic rings. The van der Waals surface area contributed by atoms with Crippen LogP contribution in [0.2, 0.25) is 0 Å². The molecule has 170 valence electrons. The molecular weight excluding hydrogens is 441 g/mol. The molecule has 6 nitrogen and oxygen atoms in total. The second-order valence-electron chi connectivity index (χ2n) is 7.47. The normalized spacial score (nSPS) is 11.2. The number of halogens is 1. The van der Waals surface area contributed by atoms with E-state index in [-0.39, 0.29) is 18.0 Å². The van der Waals surface area contributed by atoms with E-state index in [1.807, 2.05) is 37.5 Å². The minimum atomic E-state index is -0.615. The molecule has 2 heterocycles. The minimum absolute atomic E-state index is 0.104. The number of esters is 1. The lowest BCUT2D eigenvalue weighted by Crippen LogP contribution is -2.16. The zero-order valence-electron chi connectivity index (χ0n) is 19.1. The Bertz CT molecular complexity index is 1290. The van der Waals surface area contributed by atoms with Crippen LogP contribution in [0.15, 0.2) is 35.9 Å². The van der Waals surface area contributed by atoms with E-state index < -0.39 is 11.9 Å². The first-order chi connectivity index (χ1) is 15.7. The average molecular weight is 466 g/mol. The van der Waals surface area contributed by atoms with Gasteiger partial charge >= 0.3 is 5.97 Å². The van der Waals surface area contributed by atoms with E-state index >= 15 is 0 Å². The Morgan fingerprint density at radius 1 is 1.21 bits per heavy atom. The number of hydrogen-bond donors (Lipinski definition) is 1. The van der Waals surface area contributed by atoms with Crippen LogP contribution in [0.25, 0.3) is 11.8 Å². The summed E-state index contributed by atoms with van der Waals surface area (Å²) in [5.74, 6) is -1.46. The first-order valence-corrected chi connectivity index (χ1v) is 11.1. The monoisotopic (exact) mass is 465 g/mol. The van der Waals surface area contributed by atoms with Gasteiger partial charge in [-0.25, -0.2) is 9.18 Å². The van der Waals surface area contributed by atoms with E-state index in [2.05, 4.69) is 5.32 Å². The molecule has 0 fully saturated rings. The lowest BCUT2D eigenvalue weighted by Gasteiger charge is -2.09. The Hall–Kier alpha value is -3.70. The van der Waals surface area contributed by atoms with Crippen molar-refractivity contribution in [1.29, 1.82) is 5.26 Å². The van der Waals surface area contributed by atoms with Crippen molar-refractivity contribution < 1.29 is 18.7 Å². The highest BCUT2D eigenvalue weighted by Gasteiger charge is 2.23. The molecule has 0 aliphatic carbocycles.